The van der Waals surface area contributed by atoms with E-state index >= 15 is 0 Å². The molecule has 5 nitrogen and oxygen atoms in total. The highest BCUT2D eigenvalue weighted by Crippen LogP contribution is 2.33. The molecule has 1 unspecified atom stereocenters. The number of hydrogen-bond acceptors (Lipinski definition) is 4. The second kappa shape index (κ2) is 6.37. The smallest absolute Gasteiger partial charge is 0.226 e. The Morgan fingerprint density at radius 3 is 2.48 bits per heavy atom. The van der Waals surface area contributed by atoms with Gasteiger partial charge in [-0.1, -0.05) is 40.2 Å². The molecule has 0 radical (unpaired) electrons. The van der Waals surface area contributed by atoms with E-state index in [4.69, 9.17) is 4.74 Å². The lowest BCUT2D eigenvalue weighted by Crippen LogP contribution is -2.20. The summed E-state index contributed by atoms with van der Waals surface area (Å²) in [4.78, 5) is 4.52. The maximum absolute atomic E-state index is 5.26. The van der Waals surface area contributed by atoms with Crippen molar-refractivity contribution in [3.8, 4) is 5.75 Å². The van der Waals surface area contributed by atoms with E-state index in [9.17, 15) is 0 Å². The monoisotopic (exact) mass is 396 g/mol. The van der Waals surface area contributed by atoms with Gasteiger partial charge < -0.3 is 10.1 Å². The number of aryl methyl sites for hydroxylation is 1. The van der Waals surface area contributed by atoms with Gasteiger partial charge in [-0.15, -0.1) is 0 Å². The number of nitrogens with zero attached hydrogens (tertiary/aromatic N) is 3. The third kappa shape index (κ3) is 3.05. The van der Waals surface area contributed by atoms with Crippen LogP contribution in [-0.4, -0.2) is 21.9 Å². The van der Waals surface area contributed by atoms with Crippen molar-refractivity contribution in [3.05, 3.63) is 76.0 Å². The largest absolute Gasteiger partial charge is 0.497 e. The molecule has 4 rings (SSSR count). The second-order valence-electron chi connectivity index (χ2n) is 5.86. The van der Waals surface area contributed by atoms with E-state index in [0.29, 0.717) is 0 Å². The summed E-state index contributed by atoms with van der Waals surface area (Å²) in [5.41, 5.74) is 3.25. The van der Waals surface area contributed by atoms with E-state index in [1.807, 2.05) is 35.9 Å². The van der Waals surface area contributed by atoms with Crippen LogP contribution in [-0.2, 0) is 0 Å². The van der Waals surface area contributed by atoms with Crippen LogP contribution in [0.2, 0.25) is 0 Å². The number of hydrogen-bond donors (Lipinski definition) is 1. The average Bonchev–Trinajstić information content (AvgIpc) is 3.01. The van der Waals surface area contributed by atoms with Crippen LogP contribution < -0.4 is 10.1 Å². The Kier molecular flexibility index (Phi) is 4.05. The molecule has 1 N–H and O–H groups in total. The van der Waals surface area contributed by atoms with Gasteiger partial charge in [0.2, 0.25) is 5.95 Å². The summed E-state index contributed by atoms with van der Waals surface area (Å²) in [6.07, 6.45) is 2.17. The quantitative estimate of drug-likeness (QED) is 0.711. The Balaban J connectivity index is 1.79. The number of nitrogens with one attached hydrogen (secondary N) is 1. The fourth-order valence-corrected chi connectivity index (χ4v) is 3.20. The third-order valence-electron chi connectivity index (χ3n) is 4.18. The summed E-state index contributed by atoms with van der Waals surface area (Å²) < 4.78 is 8.23. The minimum atomic E-state index is -0.0259. The molecular formula is C19H17BrN4O. The molecule has 126 valence electrons. The standard InChI is InChI=1S/C19H17BrN4O/c1-12-21-19-22-17(13-3-7-15(20)8-4-13)11-18(24(19)23-12)14-5-9-16(25-2)10-6-14/h3-11,18H,1-2H3,(H,21,22,23). The van der Waals surface area contributed by atoms with E-state index in [1.165, 1.54) is 0 Å². The molecule has 0 saturated carbocycles. The van der Waals surface area contributed by atoms with Gasteiger partial charge in [-0.05, 0) is 48.4 Å². The molecule has 1 aliphatic rings. The van der Waals surface area contributed by atoms with Gasteiger partial charge in [0, 0.05) is 10.2 Å². The van der Waals surface area contributed by atoms with E-state index in [1.54, 1.807) is 7.11 Å². The minimum absolute atomic E-state index is 0.0259. The Bertz CT molecular complexity index is 929. The summed E-state index contributed by atoms with van der Waals surface area (Å²) >= 11 is 3.48. The van der Waals surface area contributed by atoms with Crippen LogP contribution in [0.4, 0.5) is 5.95 Å². The van der Waals surface area contributed by atoms with Gasteiger partial charge in [-0.3, -0.25) is 0 Å². The number of fused-ring (bicyclic) bond motifs is 1. The molecule has 1 aromatic heterocycles. The zero-order chi connectivity index (χ0) is 17.4. The lowest BCUT2D eigenvalue weighted by Gasteiger charge is -2.24. The number of allylic oxidation sites excluding steroid dienone is 1. The molecule has 3 aromatic rings. The summed E-state index contributed by atoms with van der Waals surface area (Å²) in [5, 5.41) is 7.94. The maximum Gasteiger partial charge on any atom is 0.226 e. The van der Waals surface area contributed by atoms with Gasteiger partial charge in [-0.25, -0.2) is 4.68 Å². The normalized spacial score (nSPS) is 16.0. The highest BCUT2D eigenvalue weighted by Gasteiger charge is 2.24. The highest BCUT2D eigenvalue weighted by atomic mass is 79.9. The molecule has 1 atom stereocenters. The van der Waals surface area contributed by atoms with Crippen molar-refractivity contribution in [1.29, 1.82) is 0 Å². The molecule has 0 amide bonds. The first-order valence-electron chi connectivity index (χ1n) is 7.96. The van der Waals surface area contributed by atoms with Gasteiger partial charge >= 0.3 is 0 Å². The molecule has 2 heterocycles. The molecular weight excluding hydrogens is 380 g/mol. The molecule has 6 heteroatoms. The summed E-state index contributed by atoms with van der Waals surface area (Å²) in [7, 11) is 1.67. The molecule has 0 saturated heterocycles. The molecule has 0 aliphatic carbocycles. The van der Waals surface area contributed by atoms with Crippen molar-refractivity contribution in [1.82, 2.24) is 14.8 Å². The topological polar surface area (TPSA) is 52.0 Å². The predicted molar refractivity (Wildman–Crippen MR) is 102 cm³/mol. The zero-order valence-corrected chi connectivity index (χ0v) is 15.5. The Hall–Kier alpha value is -2.60. The summed E-state index contributed by atoms with van der Waals surface area (Å²) in [6.45, 7) is 1.90. The predicted octanol–water partition coefficient (Wildman–Crippen LogP) is 4.41. The number of methoxy groups -OCH3 is 1. The zero-order valence-electron chi connectivity index (χ0n) is 13.9. The molecule has 1 aliphatic heterocycles. The van der Waals surface area contributed by atoms with Crippen molar-refractivity contribution >= 4 is 27.6 Å². The number of halogens is 1. The van der Waals surface area contributed by atoms with Crippen molar-refractivity contribution < 1.29 is 4.74 Å². The van der Waals surface area contributed by atoms with Crippen LogP contribution in [0, 0.1) is 6.92 Å². The Labute approximate surface area is 154 Å². The Morgan fingerprint density at radius 2 is 1.80 bits per heavy atom. The van der Waals surface area contributed by atoms with Gasteiger partial charge in [0.15, 0.2) is 0 Å². The first-order valence-corrected chi connectivity index (χ1v) is 8.75. The van der Waals surface area contributed by atoms with Crippen LogP contribution in [0.3, 0.4) is 0 Å². The molecule has 0 bridgehead atoms. The Morgan fingerprint density at radius 1 is 1.08 bits per heavy atom. The van der Waals surface area contributed by atoms with E-state index in [2.05, 4.69) is 61.7 Å². The van der Waals surface area contributed by atoms with Crippen molar-refractivity contribution in [2.45, 2.75) is 13.0 Å². The second-order valence-corrected chi connectivity index (χ2v) is 6.77. The van der Waals surface area contributed by atoms with Crippen LogP contribution >= 0.6 is 15.9 Å². The number of ether oxygens (including phenoxy) is 1. The van der Waals surface area contributed by atoms with Gasteiger partial charge in [0.1, 0.15) is 17.6 Å². The van der Waals surface area contributed by atoms with Crippen molar-refractivity contribution in [2.75, 3.05) is 12.4 Å². The van der Waals surface area contributed by atoms with Crippen LogP contribution in [0.25, 0.3) is 5.70 Å². The lowest BCUT2D eigenvalue weighted by molar-refractivity contribution is 0.414. The average molecular weight is 397 g/mol. The first kappa shape index (κ1) is 15.9. The maximum atomic E-state index is 5.26. The first-order chi connectivity index (χ1) is 12.1. The molecule has 0 fully saturated rings. The lowest BCUT2D eigenvalue weighted by atomic mass is 10.0. The van der Waals surface area contributed by atoms with Crippen molar-refractivity contribution in [3.63, 3.8) is 0 Å². The third-order valence-corrected chi connectivity index (χ3v) is 4.71. The SMILES string of the molecule is COc1ccc(C2C=C(c3ccc(Br)cc3)Nc3nc(C)nn32)cc1. The van der Waals surface area contributed by atoms with Crippen molar-refractivity contribution in [2.24, 2.45) is 0 Å². The molecule has 25 heavy (non-hydrogen) atoms. The molecule has 2 aromatic carbocycles. The number of rotatable bonds is 3. The van der Waals surface area contributed by atoms with Gasteiger partial charge in [0.25, 0.3) is 0 Å². The van der Waals surface area contributed by atoms with Gasteiger partial charge in [0.05, 0.1) is 7.11 Å². The number of benzene rings is 2. The summed E-state index contributed by atoms with van der Waals surface area (Å²) in [6, 6.07) is 16.2. The minimum Gasteiger partial charge on any atom is -0.497 e. The molecule has 0 spiro atoms. The number of anilines is 1. The highest BCUT2D eigenvalue weighted by molar-refractivity contribution is 9.10. The summed E-state index contributed by atoms with van der Waals surface area (Å²) in [5.74, 6) is 2.33. The van der Waals surface area contributed by atoms with Crippen LogP contribution in [0.1, 0.15) is 23.0 Å². The van der Waals surface area contributed by atoms with Crippen LogP contribution in [0.15, 0.2) is 59.1 Å². The van der Waals surface area contributed by atoms with E-state index in [0.717, 1.165) is 38.8 Å². The van der Waals surface area contributed by atoms with E-state index in [-0.39, 0.29) is 6.04 Å². The fourth-order valence-electron chi connectivity index (χ4n) is 2.94. The van der Waals surface area contributed by atoms with Crippen LogP contribution in [0.5, 0.6) is 5.75 Å². The van der Waals surface area contributed by atoms with E-state index < -0.39 is 0 Å². The number of aromatic nitrogens is 3. The fraction of sp³-hybridized carbons (Fsp3) is 0.158. The van der Waals surface area contributed by atoms with Gasteiger partial charge in [-0.2, -0.15) is 10.1 Å².